The second-order valence-electron chi connectivity index (χ2n) is 6.62. The molecule has 3 rings (SSSR count). The first-order valence-corrected chi connectivity index (χ1v) is 9.34. The molecule has 6 heteroatoms. The highest BCUT2D eigenvalue weighted by Crippen LogP contribution is 2.18. The standard InChI is InChI=1S/C17H25N3O2S/c1-18-7-3-15(12-18)17(22)20-6-2-5-19(8-9-20)16(21)11-14-4-10-23-13-14/h4,10,13,15H,2-3,5-9,11-12H2,1H3. The first-order valence-electron chi connectivity index (χ1n) is 8.39. The summed E-state index contributed by atoms with van der Waals surface area (Å²) in [5.74, 6) is 0.604. The molecule has 3 heterocycles. The average Bonchev–Trinajstić information content (AvgIpc) is 3.12. The molecule has 2 fully saturated rings. The molecule has 2 aliphatic heterocycles. The number of carbonyl (C=O) groups is 2. The third-order valence-electron chi connectivity index (χ3n) is 4.84. The van der Waals surface area contributed by atoms with Crippen molar-refractivity contribution >= 4 is 23.2 Å². The molecular formula is C17H25N3O2S. The highest BCUT2D eigenvalue weighted by molar-refractivity contribution is 7.07. The molecule has 0 spiro atoms. The summed E-state index contributed by atoms with van der Waals surface area (Å²) in [7, 11) is 2.07. The second-order valence-corrected chi connectivity index (χ2v) is 7.40. The summed E-state index contributed by atoms with van der Waals surface area (Å²) >= 11 is 1.62. The van der Waals surface area contributed by atoms with Gasteiger partial charge in [0.05, 0.1) is 12.3 Å². The van der Waals surface area contributed by atoms with Crippen molar-refractivity contribution in [1.29, 1.82) is 0 Å². The fraction of sp³-hybridized carbons (Fsp3) is 0.647. The van der Waals surface area contributed by atoms with Gasteiger partial charge in [-0.2, -0.15) is 11.3 Å². The van der Waals surface area contributed by atoms with E-state index in [0.29, 0.717) is 19.5 Å². The lowest BCUT2D eigenvalue weighted by Crippen LogP contribution is -2.40. The van der Waals surface area contributed by atoms with Gasteiger partial charge in [-0.25, -0.2) is 0 Å². The molecule has 5 nitrogen and oxygen atoms in total. The van der Waals surface area contributed by atoms with Gasteiger partial charge in [-0.3, -0.25) is 9.59 Å². The Bertz CT molecular complexity index is 546. The minimum atomic E-state index is 0.146. The van der Waals surface area contributed by atoms with Gasteiger partial charge in [0.2, 0.25) is 11.8 Å². The van der Waals surface area contributed by atoms with Crippen LogP contribution >= 0.6 is 11.3 Å². The molecule has 0 aromatic carbocycles. The number of amides is 2. The number of hydrogen-bond acceptors (Lipinski definition) is 4. The molecule has 1 atom stereocenters. The van der Waals surface area contributed by atoms with Crippen LogP contribution in [-0.4, -0.2) is 72.8 Å². The van der Waals surface area contributed by atoms with E-state index in [2.05, 4.69) is 11.9 Å². The predicted molar refractivity (Wildman–Crippen MR) is 91.4 cm³/mol. The van der Waals surface area contributed by atoms with Crippen LogP contribution in [0.2, 0.25) is 0 Å². The molecule has 0 N–H and O–H groups in total. The van der Waals surface area contributed by atoms with E-state index in [-0.39, 0.29) is 17.7 Å². The first kappa shape index (κ1) is 16.5. The van der Waals surface area contributed by atoms with Crippen molar-refractivity contribution in [2.24, 2.45) is 5.92 Å². The topological polar surface area (TPSA) is 43.9 Å². The lowest BCUT2D eigenvalue weighted by atomic mass is 10.1. The molecule has 2 saturated heterocycles. The van der Waals surface area contributed by atoms with E-state index < -0.39 is 0 Å². The van der Waals surface area contributed by atoms with Crippen molar-refractivity contribution in [3.05, 3.63) is 22.4 Å². The Morgan fingerprint density at radius 1 is 1.17 bits per heavy atom. The van der Waals surface area contributed by atoms with Crippen LogP contribution in [0.15, 0.2) is 16.8 Å². The number of likely N-dealkylation sites (tertiary alicyclic amines) is 1. The van der Waals surface area contributed by atoms with E-state index in [0.717, 1.165) is 44.6 Å². The van der Waals surface area contributed by atoms with Gasteiger partial charge in [0.1, 0.15) is 0 Å². The molecule has 0 saturated carbocycles. The van der Waals surface area contributed by atoms with Crippen molar-refractivity contribution < 1.29 is 9.59 Å². The van der Waals surface area contributed by atoms with Crippen LogP contribution in [0.4, 0.5) is 0 Å². The maximum Gasteiger partial charge on any atom is 0.227 e. The van der Waals surface area contributed by atoms with E-state index in [1.165, 1.54) is 0 Å². The number of nitrogens with zero attached hydrogens (tertiary/aromatic N) is 3. The monoisotopic (exact) mass is 335 g/mol. The summed E-state index contributed by atoms with van der Waals surface area (Å²) < 4.78 is 0. The summed E-state index contributed by atoms with van der Waals surface area (Å²) in [4.78, 5) is 31.2. The van der Waals surface area contributed by atoms with Crippen LogP contribution in [0.1, 0.15) is 18.4 Å². The fourth-order valence-electron chi connectivity index (χ4n) is 3.46. The largest absolute Gasteiger partial charge is 0.341 e. The lowest BCUT2D eigenvalue weighted by Gasteiger charge is -2.24. The third kappa shape index (κ3) is 4.12. The van der Waals surface area contributed by atoms with Crippen LogP contribution < -0.4 is 0 Å². The quantitative estimate of drug-likeness (QED) is 0.836. The van der Waals surface area contributed by atoms with E-state index in [1.54, 1.807) is 11.3 Å². The van der Waals surface area contributed by atoms with Crippen molar-refractivity contribution in [3.8, 4) is 0 Å². The average molecular weight is 335 g/mol. The fourth-order valence-corrected chi connectivity index (χ4v) is 4.13. The highest BCUT2D eigenvalue weighted by Gasteiger charge is 2.31. The molecule has 0 radical (unpaired) electrons. The van der Waals surface area contributed by atoms with E-state index in [4.69, 9.17) is 0 Å². The molecule has 1 aromatic rings. The van der Waals surface area contributed by atoms with Crippen LogP contribution in [0, 0.1) is 5.92 Å². The van der Waals surface area contributed by atoms with Crippen LogP contribution in [-0.2, 0) is 16.0 Å². The predicted octanol–water partition coefficient (Wildman–Crippen LogP) is 1.30. The summed E-state index contributed by atoms with van der Waals surface area (Å²) in [6, 6.07) is 2.01. The SMILES string of the molecule is CN1CCC(C(=O)N2CCCN(C(=O)Cc3ccsc3)CC2)C1. The van der Waals surface area contributed by atoms with E-state index >= 15 is 0 Å². The normalized spacial score (nSPS) is 23.1. The van der Waals surface area contributed by atoms with Crippen molar-refractivity contribution in [1.82, 2.24) is 14.7 Å². The lowest BCUT2D eigenvalue weighted by molar-refractivity contribution is -0.136. The number of carbonyl (C=O) groups excluding carboxylic acids is 2. The highest BCUT2D eigenvalue weighted by atomic mass is 32.1. The zero-order chi connectivity index (χ0) is 16.2. The smallest absolute Gasteiger partial charge is 0.227 e. The van der Waals surface area contributed by atoms with Gasteiger partial charge in [-0.15, -0.1) is 0 Å². The van der Waals surface area contributed by atoms with Gasteiger partial charge >= 0.3 is 0 Å². The zero-order valence-corrected chi connectivity index (χ0v) is 14.6. The van der Waals surface area contributed by atoms with E-state index in [1.807, 2.05) is 26.6 Å². The van der Waals surface area contributed by atoms with Crippen LogP contribution in [0.3, 0.4) is 0 Å². The van der Waals surface area contributed by atoms with Crippen LogP contribution in [0.25, 0.3) is 0 Å². The Morgan fingerprint density at radius 2 is 1.96 bits per heavy atom. The zero-order valence-electron chi connectivity index (χ0n) is 13.7. The number of hydrogen-bond donors (Lipinski definition) is 0. The second kappa shape index (κ2) is 7.45. The summed E-state index contributed by atoms with van der Waals surface area (Å²) in [6.07, 6.45) is 2.32. The molecule has 0 bridgehead atoms. The Kier molecular flexibility index (Phi) is 5.33. The summed E-state index contributed by atoms with van der Waals surface area (Å²) in [5, 5.41) is 4.03. The summed E-state index contributed by atoms with van der Waals surface area (Å²) in [6.45, 7) is 4.76. The maximum atomic E-state index is 12.6. The van der Waals surface area contributed by atoms with Crippen molar-refractivity contribution in [3.63, 3.8) is 0 Å². The van der Waals surface area contributed by atoms with Gasteiger partial charge in [-0.05, 0) is 48.8 Å². The van der Waals surface area contributed by atoms with Crippen LogP contribution in [0.5, 0.6) is 0 Å². The van der Waals surface area contributed by atoms with Gasteiger partial charge in [0.25, 0.3) is 0 Å². The molecule has 1 unspecified atom stereocenters. The van der Waals surface area contributed by atoms with Gasteiger partial charge in [0, 0.05) is 32.7 Å². The van der Waals surface area contributed by atoms with Crippen molar-refractivity contribution in [2.75, 3.05) is 46.3 Å². The molecule has 126 valence electrons. The number of rotatable bonds is 3. The first-order chi connectivity index (χ1) is 11.1. The molecule has 23 heavy (non-hydrogen) atoms. The minimum absolute atomic E-state index is 0.146. The summed E-state index contributed by atoms with van der Waals surface area (Å²) in [5.41, 5.74) is 1.09. The Hall–Kier alpha value is -1.40. The van der Waals surface area contributed by atoms with E-state index in [9.17, 15) is 9.59 Å². The molecule has 2 amide bonds. The Morgan fingerprint density at radius 3 is 2.65 bits per heavy atom. The molecule has 1 aromatic heterocycles. The maximum absolute atomic E-state index is 12.6. The molecule has 0 aliphatic carbocycles. The number of thiophene rings is 1. The van der Waals surface area contributed by atoms with Crippen molar-refractivity contribution in [2.45, 2.75) is 19.3 Å². The Labute approximate surface area is 141 Å². The minimum Gasteiger partial charge on any atom is -0.341 e. The third-order valence-corrected chi connectivity index (χ3v) is 5.57. The molecular weight excluding hydrogens is 310 g/mol. The van der Waals surface area contributed by atoms with Gasteiger partial charge in [-0.1, -0.05) is 0 Å². The van der Waals surface area contributed by atoms with Gasteiger partial charge < -0.3 is 14.7 Å². The Balaban J connectivity index is 1.52. The van der Waals surface area contributed by atoms with Gasteiger partial charge in [0.15, 0.2) is 0 Å². The molecule has 2 aliphatic rings.